The van der Waals surface area contributed by atoms with Crippen molar-refractivity contribution in [3.05, 3.63) is 0 Å². The molecule has 1 saturated heterocycles. The molecule has 17 heavy (non-hydrogen) atoms. The molecule has 0 atom stereocenters. The molecule has 0 aromatic heterocycles. The van der Waals surface area contributed by atoms with Crippen LogP contribution in [-0.2, 0) is 0 Å². The Kier molecular flexibility index (Phi) is 4.62. The number of hydrogen-bond acceptors (Lipinski definition) is 3. The molecule has 5 heteroatoms. The highest BCUT2D eigenvalue weighted by atomic mass is 16.2. The summed E-state index contributed by atoms with van der Waals surface area (Å²) >= 11 is 0. The van der Waals surface area contributed by atoms with E-state index < -0.39 is 0 Å². The molecule has 1 aliphatic carbocycles. The molecule has 5 nitrogen and oxygen atoms in total. The van der Waals surface area contributed by atoms with E-state index in [4.69, 9.17) is 5.73 Å². The van der Waals surface area contributed by atoms with Gasteiger partial charge in [-0.1, -0.05) is 0 Å². The highest BCUT2D eigenvalue weighted by molar-refractivity contribution is 5.75. The third-order valence-electron chi connectivity index (χ3n) is 3.49. The molecule has 1 aliphatic heterocycles. The van der Waals surface area contributed by atoms with E-state index in [0.29, 0.717) is 6.04 Å². The number of rotatable bonds is 5. The summed E-state index contributed by atoms with van der Waals surface area (Å²) in [6.07, 6.45) is 4.59. The second kappa shape index (κ2) is 6.21. The molecule has 3 N–H and O–H groups in total. The van der Waals surface area contributed by atoms with Gasteiger partial charge in [0.25, 0.3) is 0 Å². The van der Waals surface area contributed by atoms with E-state index in [-0.39, 0.29) is 6.03 Å². The Balaban J connectivity index is 1.61. The van der Waals surface area contributed by atoms with Crippen LogP contribution in [0.4, 0.5) is 4.79 Å². The lowest BCUT2D eigenvalue weighted by molar-refractivity contribution is 0.138. The molecular weight excluding hydrogens is 216 g/mol. The number of amides is 2. The summed E-state index contributed by atoms with van der Waals surface area (Å²) in [5.74, 6) is 0. The minimum atomic E-state index is 0.133. The lowest BCUT2D eigenvalue weighted by atomic mass is 10.2. The maximum atomic E-state index is 11.8. The second-order valence-electron chi connectivity index (χ2n) is 5.05. The number of piperazine rings is 1. The van der Waals surface area contributed by atoms with E-state index in [1.54, 1.807) is 0 Å². The van der Waals surface area contributed by atoms with Crippen LogP contribution in [-0.4, -0.2) is 61.1 Å². The van der Waals surface area contributed by atoms with Crippen LogP contribution in [0.15, 0.2) is 0 Å². The first-order valence-electron chi connectivity index (χ1n) is 6.77. The number of unbranched alkanes of at least 4 members (excludes halogenated alkanes) is 1. The maximum Gasteiger partial charge on any atom is 0.317 e. The smallest absolute Gasteiger partial charge is 0.317 e. The molecule has 0 radical (unpaired) electrons. The molecule has 2 fully saturated rings. The van der Waals surface area contributed by atoms with E-state index in [2.05, 4.69) is 10.2 Å². The highest BCUT2D eigenvalue weighted by Crippen LogP contribution is 2.19. The number of hydrogen-bond donors (Lipinski definition) is 2. The zero-order valence-electron chi connectivity index (χ0n) is 10.5. The van der Waals surface area contributed by atoms with Gasteiger partial charge in [0.2, 0.25) is 0 Å². The van der Waals surface area contributed by atoms with Gasteiger partial charge < -0.3 is 16.0 Å². The summed E-state index contributed by atoms with van der Waals surface area (Å²) in [7, 11) is 0. The van der Waals surface area contributed by atoms with Crippen molar-refractivity contribution in [1.29, 1.82) is 0 Å². The predicted octanol–water partition coefficient (Wildman–Crippen LogP) is 0.215. The molecule has 2 aliphatic rings. The summed E-state index contributed by atoms with van der Waals surface area (Å²) in [6, 6.07) is 0.596. The van der Waals surface area contributed by atoms with Crippen LogP contribution in [0.1, 0.15) is 25.7 Å². The van der Waals surface area contributed by atoms with Crippen LogP contribution in [0, 0.1) is 0 Å². The van der Waals surface area contributed by atoms with E-state index >= 15 is 0 Å². The third-order valence-corrected chi connectivity index (χ3v) is 3.49. The Labute approximate surface area is 103 Å². The maximum absolute atomic E-state index is 11.8. The van der Waals surface area contributed by atoms with Gasteiger partial charge in [0, 0.05) is 32.2 Å². The Morgan fingerprint density at radius 3 is 2.47 bits per heavy atom. The van der Waals surface area contributed by atoms with Crippen LogP contribution in [0.5, 0.6) is 0 Å². The Bertz CT molecular complexity index is 247. The second-order valence-corrected chi connectivity index (χ2v) is 5.05. The first kappa shape index (κ1) is 12.6. The van der Waals surface area contributed by atoms with Crippen LogP contribution < -0.4 is 11.1 Å². The first-order chi connectivity index (χ1) is 8.29. The first-order valence-corrected chi connectivity index (χ1v) is 6.77. The van der Waals surface area contributed by atoms with Crippen LogP contribution in [0.25, 0.3) is 0 Å². The fourth-order valence-corrected chi connectivity index (χ4v) is 2.15. The molecule has 0 aromatic rings. The minimum absolute atomic E-state index is 0.133. The molecular formula is C12H24N4O. The summed E-state index contributed by atoms with van der Waals surface area (Å²) in [5.41, 5.74) is 5.48. The molecule has 98 valence electrons. The Morgan fingerprint density at radius 2 is 1.88 bits per heavy atom. The van der Waals surface area contributed by atoms with Gasteiger partial charge in [-0.05, 0) is 38.8 Å². The van der Waals surface area contributed by atoms with Gasteiger partial charge in [0.05, 0.1) is 0 Å². The fraction of sp³-hybridized carbons (Fsp3) is 0.917. The number of urea groups is 1. The molecule has 0 aromatic carbocycles. The number of nitrogens with one attached hydrogen (secondary N) is 1. The molecule has 1 saturated carbocycles. The quantitative estimate of drug-likeness (QED) is 0.676. The van der Waals surface area contributed by atoms with Crippen molar-refractivity contribution in [3.63, 3.8) is 0 Å². The average molecular weight is 240 g/mol. The lowest BCUT2D eigenvalue weighted by Crippen LogP contribution is -2.52. The van der Waals surface area contributed by atoms with E-state index in [1.807, 2.05) is 4.90 Å². The van der Waals surface area contributed by atoms with Crippen molar-refractivity contribution < 1.29 is 4.79 Å². The van der Waals surface area contributed by atoms with E-state index in [0.717, 1.165) is 58.5 Å². The topological polar surface area (TPSA) is 61.6 Å². The van der Waals surface area contributed by atoms with Crippen LogP contribution in [0.3, 0.4) is 0 Å². The van der Waals surface area contributed by atoms with Crippen molar-refractivity contribution in [3.8, 4) is 0 Å². The fourth-order valence-electron chi connectivity index (χ4n) is 2.15. The number of carbonyl (C=O) groups excluding carboxylic acids is 1. The van der Waals surface area contributed by atoms with Crippen LogP contribution in [0.2, 0.25) is 0 Å². The monoisotopic (exact) mass is 240 g/mol. The van der Waals surface area contributed by atoms with Gasteiger partial charge >= 0.3 is 6.03 Å². The van der Waals surface area contributed by atoms with Crippen molar-refractivity contribution in [2.45, 2.75) is 31.7 Å². The van der Waals surface area contributed by atoms with Gasteiger partial charge in [-0.2, -0.15) is 0 Å². The van der Waals surface area contributed by atoms with Gasteiger partial charge in [0.15, 0.2) is 0 Å². The summed E-state index contributed by atoms with van der Waals surface area (Å²) in [5, 5.41) is 3.04. The number of carbonyl (C=O) groups is 1. The van der Waals surface area contributed by atoms with Crippen LogP contribution >= 0.6 is 0 Å². The number of nitrogens with two attached hydrogens (primary N) is 1. The highest BCUT2D eigenvalue weighted by Gasteiger charge is 2.27. The molecule has 2 rings (SSSR count). The largest absolute Gasteiger partial charge is 0.335 e. The van der Waals surface area contributed by atoms with E-state index in [1.165, 1.54) is 6.42 Å². The zero-order chi connectivity index (χ0) is 12.1. The average Bonchev–Trinajstić information content (AvgIpc) is 3.14. The van der Waals surface area contributed by atoms with Gasteiger partial charge in [-0.3, -0.25) is 4.90 Å². The normalized spacial score (nSPS) is 21.6. The molecule has 0 unspecified atom stereocenters. The van der Waals surface area contributed by atoms with Gasteiger partial charge in [-0.25, -0.2) is 4.79 Å². The predicted molar refractivity (Wildman–Crippen MR) is 67.9 cm³/mol. The van der Waals surface area contributed by atoms with Crippen molar-refractivity contribution >= 4 is 6.03 Å². The standard InChI is InChI=1S/C12H24N4O/c13-5-1-2-6-15-7-9-16(10-8-15)12(17)14-11-3-4-11/h11H,1-10,13H2,(H,14,17). The number of nitrogens with zero attached hydrogens (tertiary/aromatic N) is 2. The molecule has 0 spiro atoms. The molecule has 0 bridgehead atoms. The molecule has 2 amide bonds. The van der Waals surface area contributed by atoms with Crippen molar-refractivity contribution in [2.75, 3.05) is 39.3 Å². The summed E-state index contributed by atoms with van der Waals surface area (Å²) < 4.78 is 0. The Hall–Kier alpha value is -0.810. The molecule has 1 heterocycles. The van der Waals surface area contributed by atoms with Gasteiger partial charge in [0.1, 0.15) is 0 Å². The van der Waals surface area contributed by atoms with E-state index in [9.17, 15) is 4.79 Å². The lowest BCUT2D eigenvalue weighted by Gasteiger charge is -2.34. The zero-order valence-corrected chi connectivity index (χ0v) is 10.5. The van der Waals surface area contributed by atoms with Gasteiger partial charge in [-0.15, -0.1) is 0 Å². The van der Waals surface area contributed by atoms with Crippen molar-refractivity contribution in [1.82, 2.24) is 15.1 Å². The minimum Gasteiger partial charge on any atom is -0.335 e. The Morgan fingerprint density at radius 1 is 1.18 bits per heavy atom. The SMILES string of the molecule is NCCCCN1CCN(C(=O)NC2CC2)CC1. The summed E-state index contributed by atoms with van der Waals surface area (Å²) in [4.78, 5) is 16.2. The van der Waals surface area contributed by atoms with Crippen molar-refractivity contribution in [2.24, 2.45) is 5.73 Å². The third kappa shape index (κ3) is 4.16. The summed E-state index contributed by atoms with van der Waals surface area (Å²) in [6.45, 7) is 5.63.